The van der Waals surface area contributed by atoms with Crippen molar-refractivity contribution in [2.24, 2.45) is 0 Å². The van der Waals surface area contributed by atoms with E-state index in [1.54, 1.807) is 19.5 Å². The molecule has 1 fully saturated rings. The van der Waals surface area contributed by atoms with Gasteiger partial charge in [-0.1, -0.05) is 12.1 Å². The van der Waals surface area contributed by atoms with Gasteiger partial charge in [-0.3, -0.25) is 14.3 Å². The number of benzene rings is 1. The van der Waals surface area contributed by atoms with E-state index < -0.39 is 0 Å². The second kappa shape index (κ2) is 6.34. The van der Waals surface area contributed by atoms with Crippen LogP contribution in [0, 0.1) is 0 Å². The molecule has 2 atom stereocenters. The van der Waals surface area contributed by atoms with E-state index in [1.165, 1.54) is 11.1 Å². The number of likely N-dealkylation sites (tertiary alicyclic amines) is 1. The van der Waals surface area contributed by atoms with Gasteiger partial charge >= 0.3 is 0 Å². The molecule has 7 heteroatoms. The van der Waals surface area contributed by atoms with Gasteiger partial charge in [0.15, 0.2) is 11.5 Å². The molecular weight excluding hydrogens is 330 g/mol. The normalized spacial score (nSPS) is 22.7. The molecule has 5 rings (SSSR count). The first-order chi connectivity index (χ1) is 12.8. The maximum absolute atomic E-state index is 5.66. The summed E-state index contributed by atoms with van der Waals surface area (Å²) in [6.07, 6.45) is 7.54. The number of nitrogens with zero attached hydrogens (tertiary/aromatic N) is 5. The molecule has 0 spiro atoms. The molecule has 26 heavy (non-hydrogen) atoms. The average Bonchev–Trinajstić information content (AvgIpc) is 3.38. The summed E-state index contributed by atoms with van der Waals surface area (Å²) in [6, 6.07) is 6.69. The Labute approximate surface area is 151 Å². The Morgan fingerprint density at radius 1 is 1.31 bits per heavy atom. The highest BCUT2D eigenvalue weighted by Crippen LogP contribution is 2.34. The van der Waals surface area contributed by atoms with E-state index in [4.69, 9.17) is 9.47 Å². The van der Waals surface area contributed by atoms with E-state index in [0.717, 1.165) is 49.8 Å². The minimum absolute atomic E-state index is 0.168. The molecule has 0 aliphatic carbocycles. The smallest absolute Gasteiger partial charge is 0.179 e. The molecule has 2 aromatic heterocycles. The number of methoxy groups -OCH3 is 1. The lowest BCUT2D eigenvalue weighted by atomic mass is 10.1. The van der Waals surface area contributed by atoms with Crippen LogP contribution in [-0.2, 0) is 17.7 Å². The number of hydrogen-bond acceptors (Lipinski definition) is 6. The zero-order chi connectivity index (χ0) is 17.5. The third kappa shape index (κ3) is 2.64. The fraction of sp³-hybridized carbons (Fsp3) is 0.421. The summed E-state index contributed by atoms with van der Waals surface area (Å²) < 4.78 is 13.3. The summed E-state index contributed by atoms with van der Waals surface area (Å²) in [5.41, 5.74) is 3.38. The fourth-order valence-corrected chi connectivity index (χ4v) is 4.05. The summed E-state index contributed by atoms with van der Waals surface area (Å²) in [5.74, 6) is 1.98. The molecule has 2 aliphatic heterocycles. The second-order valence-corrected chi connectivity index (χ2v) is 6.94. The molecule has 2 aliphatic rings. The molecule has 1 aromatic carbocycles. The highest BCUT2D eigenvalue weighted by molar-refractivity contribution is 5.40. The van der Waals surface area contributed by atoms with E-state index in [-0.39, 0.29) is 12.1 Å². The van der Waals surface area contributed by atoms with Crippen molar-refractivity contribution in [3.63, 3.8) is 0 Å². The molecule has 0 bridgehead atoms. The van der Waals surface area contributed by atoms with Crippen molar-refractivity contribution in [3.8, 4) is 5.75 Å². The molecule has 4 heterocycles. The van der Waals surface area contributed by atoms with Gasteiger partial charge in [-0.15, -0.1) is 10.2 Å². The number of ether oxygens (including phenoxy) is 2. The Hall–Kier alpha value is -2.51. The van der Waals surface area contributed by atoms with Gasteiger partial charge in [0.25, 0.3) is 0 Å². The van der Waals surface area contributed by atoms with E-state index in [2.05, 4.69) is 38.3 Å². The Kier molecular flexibility index (Phi) is 3.83. The SMILES string of the molecule is CO[C@@H]1C[C@@H](c2nnc3cnccn23)N(Cc2ccc3c(c2)CCO3)C1. The van der Waals surface area contributed by atoms with Crippen LogP contribution in [0.3, 0.4) is 0 Å². The zero-order valence-electron chi connectivity index (χ0n) is 14.7. The Balaban J connectivity index is 1.46. The van der Waals surface area contributed by atoms with Crippen LogP contribution < -0.4 is 4.74 Å². The van der Waals surface area contributed by atoms with Crippen LogP contribution >= 0.6 is 0 Å². The van der Waals surface area contributed by atoms with E-state index >= 15 is 0 Å². The first kappa shape index (κ1) is 15.7. The summed E-state index contributed by atoms with van der Waals surface area (Å²) in [7, 11) is 1.78. The lowest BCUT2D eigenvalue weighted by molar-refractivity contribution is 0.107. The molecule has 0 unspecified atom stereocenters. The fourth-order valence-electron chi connectivity index (χ4n) is 4.05. The third-order valence-electron chi connectivity index (χ3n) is 5.38. The van der Waals surface area contributed by atoms with E-state index in [0.29, 0.717) is 0 Å². The van der Waals surface area contributed by atoms with Gasteiger partial charge in [0.2, 0.25) is 0 Å². The van der Waals surface area contributed by atoms with E-state index in [9.17, 15) is 0 Å². The van der Waals surface area contributed by atoms with Crippen molar-refractivity contribution >= 4 is 5.65 Å². The number of hydrogen-bond donors (Lipinski definition) is 0. The van der Waals surface area contributed by atoms with Crippen LogP contribution in [0.25, 0.3) is 5.65 Å². The average molecular weight is 351 g/mol. The van der Waals surface area contributed by atoms with Crippen LogP contribution in [0.1, 0.15) is 29.4 Å². The van der Waals surface area contributed by atoms with Gasteiger partial charge in [-0.25, -0.2) is 0 Å². The summed E-state index contributed by atoms with van der Waals surface area (Å²) >= 11 is 0. The molecule has 0 amide bonds. The predicted octanol–water partition coefficient (Wildman–Crippen LogP) is 2.02. The van der Waals surface area contributed by atoms with Crippen molar-refractivity contribution in [2.75, 3.05) is 20.3 Å². The second-order valence-electron chi connectivity index (χ2n) is 6.94. The largest absolute Gasteiger partial charge is 0.493 e. The van der Waals surface area contributed by atoms with Gasteiger partial charge in [0.05, 0.1) is 24.9 Å². The van der Waals surface area contributed by atoms with Crippen molar-refractivity contribution in [1.82, 2.24) is 24.5 Å². The monoisotopic (exact) mass is 351 g/mol. The Morgan fingerprint density at radius 2 is 2.27 bits per heavy atom. The van der Waals surface area contributed by atoms with Crippen LogP contribution in [0.4, 0.5) is 0 Å². The van der Waals surface area contributed by atoms with Crippen molar-refractivity contribution in [2.45, 2.75) is 31.5 Å². The number of fused-ring (bicyclic) bond motifs is 2. The Morgan fingerprint density at radius 3 is 3.19 bits per heavy atom. The molecule has 3 aromatic rings. The lowest BCUT2D eigenvalue weighted by Crippen LogP contribution is -2.26. The van der Waals surface area contributed by atoms with Crippen molar-refractivity contribution in [1.29, 1.82) is 0 Å². The molecule has 7 nitrogen and oxygen atoms in total. The predicted molar refractivity (Wildman–Crippen MR) is 95.0 cm³/mol. The minimum atomic E-state index is 0.168. The molecule has 0 N–H and O–H groups in total. The number of rotatable bonds is 4. The Bertz CT molecular complexity index is 941. The van der Waals surface area contributed by atoms with Gasteiger partial charge in [0.1, 0.15) is 5.75 Å². The molecular formula is C19H21N5O2. The van der Waals surface area contributed by atoms with Gasteiger partial charge < -0.3 is 9.47 Å². The van der Waals surface area contributed by atoms with Crippen LogP contribution in [0.5, 0.6) is 5.75 Å². The van der Waals surface area contributed by atoms with Crippen molar-refractivity contribution < 1.29 is 9.47 Å². The highest BCUT2D eigenvalue weighted by atomic mass is 16.5. The topological polar surface area (TPSA) is 64.8 Å². The molecule has 0 saturated carbocycles. The molecule has 134 valence electrons. The molecule has 1 saturated heterocycles. The van der Waals surface area contributed by atoms with Gasteiger partial charge in [-0.2, -0.15) is 0 Å². The van der Waals surface area contributed by atoms with Crippen molar-refractivity contribution in [3.05, 3.63) is 53.7 Å². The van der Waals surface area contributed by atoms with Crippen LogP contribution in [-0.4, -0.2) is 50.8 Å². The summed E-state index contributed by atoms with van der Waals surface area (Å²) in [5, 5.41) is 8.72. The van der Waals surface area contributed by atoms with Gasteiger partial charge in [0, 0.05) is 39.0 Å². The molecule has 0 radical (unpaired) electrons. The lowest BCUT2D eigenvalue weighted by Gasteiger charge is -2.23. The first-order valence-corrected chi connectivity index (χ1v) is 8.98. The maximum atomic E-state index is 5.66. The maximum Gasteiger partial charge on any atom is 0.179 e. The highest BCUT2D eigenvalue weighted by Gasteiger charge is 2.36. The number of aromatic nitrogens is 4. The van der Waals surface area contributed by atoms with E-state index in [1.807, 2.05) is 10.6 Å². The zero-order valence-corrected chi connectivity index (χ0v) is 14.7. The third-order valence-corrected chi connectivity index (χ3v) is 5.38. The quantitative estimate of drug-likeness (QED) is 0.717. The first-order valence-electron chi connectivity index (χ1n) is 8.98. The van der Waals surface area contributed by atoms with Gasteiger partial charge in [-0.05, 0) is 23.6 Å². The summed E-state index contributed by atoms with van der Waals surface area (Å²) in [6.45, 7) is 2.53. The standard InChI is InChI=1S/C19H21N5O2/c1-25-15-9-16(19-22-21-18-10-20-5-6-24(18)19)23(12-15)11-13-2-3-17-14(8-13)4-7-26-17/h2-3,5-6,8,10,15-16H,4,7,9,11-12H2,1H3/t15-,16+/m1/s1. The van der Waals surface area contributed by atoms with Crippen LogP contribution in [0.2, 0.25) is 0 Å². The van der Waals surface area contributed by atoms with Crippen LogP contribution in [0.15, 0.2) is 36.8 Å². The minimum Gasteiger partial charge on any atom is -0.493 e. The summed E-state index contributed by atoms with van der Waals surface area (Å²) in [4.78, 5) is 6.56.